The average Bonchev–Trinajstić information content (AvgIpc) is 2.77. The summed E-state index contributed by atoms with van der Waals surface area (Å²) in [5.74, 6) is 0.722. The second-order valence-electron chi connectivity index (χ2n) is 6.25. The minimum Gasteiger partial charge on any atom is -0.371 e. The Morgan fingerprint density at radius 2 is 1.39 bits per heavy atom. The summed E-state index contributed by atoms with van der Waals surface area (Å²) >= 11 is 1.43. The standard InChI is InChI=1S/C23H19N3OS/c1-24-22-23(26-19-15-9-8-14-18(19)25-22)28-21(17-12-6-3-7-13-17)20(27)16-10-4-2-5-11-16/h2-15,21H,1H3,(H,24,25). The number of Topliss-reactive ketones (excluding diaryl/α,β-unsaturated/α-hetero) is 1. The summed E-state index contributed by atoms with van der Waals surface area (Å²) in [6.07, 6.45) is 0. The number of carbonyl (C=O) groups excluding carboxylic acids is 1. The third-order valence-corrected chi connectivity index (χ3v) is 5.63. The van der Waals surface area contributed by atoms with Crippen LogP contribution in [0.15, 0.2) is 90.0 Å². The number of para-hydroxylation sites is 2. The molecular formula is C23H19N3OS. The normalized spacial score (nSPS) is 11.9. The number of thioether (sulfide) groups is 1. The number of benzene rings is 3. The van der Waals surface area contributed by atoms with Gasteiger partial charge in [0.25, 0.3) is 0 Å². The van der Waals surface area contributed by atoms with Crippen LogP contribution in [-0.4, -0.2) is 22.8 Å². The molecule has 28 heavy (non-hydrogen) atoms. The van der Waals surface area contributed by atoms with Crippen molar-refractivity contribution in [3.05, 3.63) is 96.1 Å². The summed E-state index contributed by atoms with van der Waals surface area (Å²) < 4.78 is 0. The quantitative estimate of drug-likeness (QED) is 0.356. The molecule has 4 aromatic rings. The Balaban J connectivity index is 1.78. The van der Waals surface area contributed by atoms with Crippen molar-refractivity contribution in [2.24, 2.45) is 0 Å². The van der Waals surface area contributed by atoms with Crippen LogP contribution in [0.1, 0.15) is 21.2 Å². The van der Waals surface area contributed by atoms with Crippen molar-refractivity contribution in [3.8, 4) is 0 Å². The lowest BCUT2D eigenvalue weighted by molar-refractivity contribution is 0.0989. The van der Waals surface area contributed by atoms with E-state index < -0.39 is 5.25 Å². The number of hydrogen-bond acceptors (Lipinski definition) is 5. The SMILES string of the molecule is CNc1nc2ccccc2nc1SC(C(=O)c1ccccc1)c1ccccc1. The van der Waals surface area contributed by atoms with Crippen LogP contribution in [0.25, 0.3) is 11.0 Å². The van der Waals surface area contributed by atoms with Crippen LogP contribution in [0, 0.1) is 0 Å². The maximum atomic E-state index is 13.3. The number of anilines is 1. The summed E-state index contributed by atoms with van der Waals surface area (Å²) in [5.41, 5.74) is 3.26. The first-order valence-corrected chi connectivity index (χ1v) is 9.89. The van der Waals surface area contributed by atoms with E-state index in [0.29, 0.717) is 16.4 Å². The smallest absolute Gasteiger partial charge is 0.180 e. The van der Waals surface area contributed by atoms with Gasteiger partial charge in [-0.05, 0) is 17.7 Å². The van der Waals surface area contributed by atoms with Crippen LogP contribution in [0.4, 0.5) is 5.82 Å². The van der Waals surface area contributed by atoms with Crippen molar-refractivity contribution in [2.75, 3.05) is 12.4 Å². The summed E-state index contributed by atoms with van der Waals surface area (Å²) in [7, 11) is 1.82. The van der Waals surface area contributed by atoms with E-state index in [0.717, 1.165) is 16.6 Å². The molecule has 0 saturated carbocycles. The number of rotatable bonds is 6. The van der Waals surface area contributed by atoms with E-state index in [1.54, 1.807) is 0 Å². The predicted octanol–water partition coefficient (Wildman–Crippen LogP) is 5.39. The van der Waals surface area contributed by atoms with Gasteiger partial charge in [0.15, 0.2) is 11.6 Å². The molecule has 0 bridgehead atoms. The zero-order valence-corrected chi connectivity index (χ0v) is 16.2. The molecule has 5 heteroatoms. The molecule has 1 heterocycles. The first-order chi connectivity index (χ1) is 13.8. The van der Waals surface area contributed by atoms with Gasteiger partial charge in [-0.25, -0.2) is 9.97 Å². The lowest BCUT2D eigenvalue weighted by Gasteiger charge is -2.17. The lowest BCUT2D eigenvalue weighted by atomic mass is 10.0. The summed E-state index contributed by atoms with van der Waals surface area (Å²) in [6.45, 7) is 0. The second-order valence-corrected chi connectivity index (χ2v) is 7.35. The summed E-state index contributed by atoms with van der Waals surface area (Å²) in [4.78, 5) is 22.8. The van der Waals surface area contributed by atoms with E-state index in [1.165, 1.54) is 11.8 Å². The van der Waals surface area contributed by atoms with E-state index in [1.807, 2.05) is 92.0 Å². The Labute approximate surface area is 168 Å². The predicted molar refractivity (Wildman–Crippen MR) is 115 cm³/mol. The maximum absolute atomic E-state index is 13.3. The monoisotopic (exact) mass is 385 g/mol. The molecule has 0 fully saturated rings. The molecule has 1 aromatic heterocycles. The molecule has 138 valence electrons. The molecule has 4 rings (SSSR count). The highest BCUT2D eigenvalue weighted by atomic mass is 32.2. The Bertz CT molecular complexity index is 1100. The fourth-order valence-electron chi connectivity index (χ4n) is 3.00. The van der Waals surface area contributed by atoms with Gasteiger partial charge in [0.2, 0.25) is 0 Å². The van der Waals surface area contributed by atoms with Gasteiger partial charge >= 0.3 is 0 Å². The topological polar surface area (TPSA) is 54.9 Å². The third-order valence-electron chi connectivity index (χ3n) is 4.40. The zero-order valence-electron chi connectivity index (χ0n) is 15.4. The highest BCUT2D eigenvalue weighted by Gasteiger charge is 2.25. The number of fused-ring (bicyclic) bond motifs is 1. The van der Waals surface area contributed by atoms with Gasteiger partial charge in [0, 0.05) is 12.6 Å². The Hall–Kier alpha value is -3.18. The van der Waals surface area contributed by atoms with Crippen LogP contribution >= 0.6 is 11.8 Å². The molecule has 4 nitrogen and oxygen atoms in total. The number of ketones is 1. The van der Waals surface area contributed by atoms with Crippen molar-refractivity contribution in [1.82, 2.24) is 9.97 Å². The number of carbonyl (C=O) groups is 1. The van der Waals surface area contributed by atoms with Gasteiger partial charge in [0.05, 0.1) is 16.3 Å². The van der Waals surface area contributed by atoms with Gasteiger partial charge in [-0.3, -0.25) is 4.79 Å². The fraction of sp³-hybridized carbons (Fsp3) is 0.0870. The number of hydrogen-bond donors (Lipinski definition) is 1. The van der Waals surface area contributed by atoms with Crippen LogP contribution in [0.3, 0.4) is 0 Å². The highest BCUT2D eigenvalue weighted by molar-refractivity contribution is 8.00. The molecule has 0 amide bonds. The second kappa shape index (κ2) is 8.23. The van der Waals surface area contributed by atoms with E-state index in [-0.39, 0.29) is 5.78 Å². The number of nitrogens with zero attached hydrogens (tertiary/aromatic N) is 2. The summed E-state index contributed by atoms with van der Waals surface area (Å²) in [6, 6.07) is 26.9. The molecule has 3 aromatic carbocycles. The molecule has 0 aliphatic carbocycles. The largest absolute Gasteiger partial charge is 0.371 e. The van der Waals surface area contributed by atoms with Crippen LogP contribution in [-0.2, 0) is 0 Å². The molecule has 0 saturated heterocycles. The third kappa shape index (κ3) is 3.75. The number of aromatic nitrogens is 2. The number of nitrogens with one attached hydrogen (secondary N) is 1. The minimum absolute atomic E-state index is 0.0498. The Morgan fingerprint density at radius 3 is 2.04 bits per heavy atom. The van der Waals surface area contributed by atoms with Crippen LogP contribution in [0.5, 0.6) is 0 Å². The Kier molecular flexibility index (Phi) is 5.35. The molecule has 0 spiro atoms. The molecule has 1 unspecified atom stereocenters. The van der Waals surface area contributed by atoms with Crippen molar-refractivity contribution in [2.45, 2.75) is 10.3 Å². The van der Waals surface area contributed by atoms with E-state index in [9.17, 15) is 4.79 Å². The van der Waals surface area contributed by atoms with Gasteiger partial charge in [-0.2, -0.15) is 0 Å². The fourth-order valence-corrected chi connectivity index (χ4v) is 4.17. The molecular weight excluding hydrogens is 366 g/mol. The average molecular weight is 385 g/mol. The van der Waals surface area contributed by atoms with E-state index in [4.69, 9.17) is 4.98 Å². The highest BCUT2D eigenvalue weighted by Crippen LogP contribution is 2.40. The van der Waals surface area contributed by atoms with E-state index >= 15 is 0 Å². The molecule has 0 aliphatic heterocycles. The lowest BCUT2D eigenvalue weighted by Crippen LogP contribution is -2.11. The Morgan fingerprint density at radius 1 is 0.821 bits per heavy atom. The van der Waals surface area contributed by atoms with Crippen molar-refractivity contribution >= 4 is 34.4 Å². The van der Waals surface area contributed by atoms with Crippen molar-refractivity contribution < 1.29 is 4.79 Å². The van der Waals surface area contributed by atoms with Gasteiger partial charge < -0.3 is 5.32 Å². The van der Waals surface area contributed by atoms with Crippen LogP contribution in [0.2, 0.25) is 0 Å². The van der Waals surface area contributed by atoms with E-state index in [2.05, 4.69) is 10.3 Å². The molecule has 1 atom stereocenters. The van der Waals surface area contributed by atoms with Crippen LogP contribution < -0.4 is 5.32 Å². The van der Waals surface area contributed by atoms with Crippen molar-refractivity contribution in [3.63, 3.8) is 0 Å². The molecule has 0 radical (unpaired) electrons. The summed E-state index contributed by atoms with van der Waals surface area (Å²) in [5, 5.41) is 3.41. The van der Waals surface area contributed by atoms with Crippen molar-refractivity contribution in [1.29, 1.82) is 0 Å². The molecule has 1 N–H and O–H groups in total. The minimum atomic E-state index is -0.411. The maximum Gasteiger partial charge on any atom is 0.180 e. The van der Waals surface area contributed by atoms with Gasteiger partial charge in [0.1, 0.15) is 5.03 Å². The first-order valence-electron chi connectivity index (χ1n) is 9.01. The van der Waals surface area contributed by atoms with Gasteiger partial charge in [-0.15, -0.1) is 0 Å². The van der Waals surface area contributed by atoms with Gasteiger partial charge in [-0.1, -0.05) is 84.6 Å². The molecule has 0 aliphatic rings. The zero-order chi connectivity index (χ0) is 19.3. The first kappa shape index (κ1) is 18.2.